The molecule has 0 bridgehead atoms. The van der Waals surface area contributed by atoms with Crippen molar-refractivity contribution < 1.29 is 9.59 Å². The molecule has 2 aromatic rings. The second-order valence-corrected chi connectivity index (χ2v) is 5.92. The lowest BCUT2D eigenvalue weighted by Gasteiger charge is -2.08. The number of nitrogens with zero attached hydrogens (tertiary/aromatic N) is 2. The molecule has 0 saturated carbocycles. The van der Waals surface area contributed by atoms with E-state index in [1.54, 1.807) is 12.4 Å². The summed E-state index contributed by atoms with van der Waals surface area (Å²) in [6.45, 7) is 2.01. The lowest BCUT2D eigenvalue weighted by Crippen LogP contribution is -2.36. The van der Waals surface area contributed by atoms with Crippen LogP contribution in [-0.2, 0) is 13.1 Å². The summed E-state index contributed by atoms with van der Waals surface area (Å²) in [6, 6.07) is 10.8. The predicted octanol–water partition coefficient (Wildman–Crippen LogP) is 1.95. The van der Waals surface area contributed by atoms with E-state index in [9.17, 15) is 9.59 Å². The van der Waals surface area contributed by atoms with E-state index in [-0.39, 0.29) is 12.1 Å². The molecule has 0 fully saturated rings. The second-order valence-electron chi connectivity index (χ2n) is 5.92. The molecule has 0 saturated heterocycles. The fourth-order valence-corrected chi connectivity index (χ4v) is 2.30. The molecular weight excluding hydrogens is 344 g/mol. The van der Waals surface area contributed by atoms with Crippen LogP contribution >= 0.6 is 0 Å². The molecule has 0 radical (unpaired) electrons. The molecule has 0 aliphatic heterocycles. The summed E-state index contributed by atoms with van der Waals surface area (Å²) in [6.07, 6.45) is 6.02. The van der Waals surface area contributed by atoms with Gasteiger partial charge in [-0.1, -0.05) is 12.1 Å². The first kappa shape index (κ1) is 20.2. The molecule has 0 spiro atoms. The number of aromatic nitrogens is 2. The maximum absolute atomic E-state index is 11.7. The summed E-state index contributed by atoms with van der Waals surface area (Å²) in [5, 5.41) is 11.1. The van der Waals surface area contributed by atoms with E-state index in [0.29, 0.717) is 26.2 Å². The number of nitrogens with one attached hydrogen (secondary N) is 4. The summed E-state index contributed by atoms with van der Waals surface area (Å²) in [7, 11) is 0. The van der Waals surface area contributed by atoms with Crippen molar-refractivity contribution in [2.75, 3.05) is 13.1 Å². The van der Waals surface area contributed by atoms with Crippen LogP contribution in [0, 0.1) is 0 Å². The van der Waals surface area contributed by atoms with Gasteiger partial charge < -0.3 is 21.3 Å². The molecule has 4 amide bonds. The Morgan fingerprint density at radius 2 is 1.15 bits per heavy atom. The molecular formula is C19H26N6O2. The summed E-state index contributed by atoms with van der Waals surface area (Å²) < 4.78 is 0. The number of pyridine rings is 2. The zero-order chi connectivity index (χ0) is 19.2. The quantitative estimate of drug-likeness (QED) is 0.479. The van der Waals surface area contributed by atoms with Crippen LogP contribution in [0.2, 0.25) is 0 Å². The van der Waals surface area contributed by atoms with Gasteiger partial charge in [0.25, 0.3) is 0 Å². The molecule has 2 rings (SSSR count). The van der Waals surface area contributed by atoms with Gasteiger partial charge in [-0.3, -0.25) is 9.97 Å². The first-order valence-corrected chi connectivity index (χ1v) is 9.07. The highest BCUT2D eigenvalue weighted by molar-refractivity contribution is 5.74. The summed E-state index contributed by atoms with van der Waals surface area (Å²) in [5.74, 6) is 0. The number of amides is 4. The molecule has 0 aliphatic rings. The zero-order valence-corrected chi connectivity index (χ0v) is 15.3. The van der Waals surface area contributed by atoms with Crippen molar-refractivity contribution in [3.63, 3.8) is 0 Å². The summed E-state index contributed by atoms with van der Waals surface area (Å²) in [5.41, 5.74) is 1.64. The molecule has 27 heavy (non-hydrogen) atoms. The Morgan fingerprint density at radius 1 is 0.667 bits per heavy atom. The van der Waals surface area contributed by atoms with Gasteiger partial charge in [0.15, 0.2) is 0 Å². The molecule has 4 N–H and O–H groups in total. The van der Waals surface area contributed by atoms with Crippen molar-refractivity contribution in [2.45, 2.75) is 32.4 Å². The third kappa shape index (κ3) is 9.20. The Bertz CT molecular complexity index is 622. The van der Waals surface area contributed by atoms with Crippen LogP contribution in [0.3, 0.4) is 0 Å². The molecule has 2 heterocycles. The highest BCUT2D eigenvalue weighted by Gasteiger charge is 2.02. The van der Waals surface area contributed by atoms with Crippen LogP contribution in [-0.4, -0.2) is 35.1 Å². The number of hydrogen-bond donors (Lipinski definition) is 4. The highest BCUT2D eigenvalue weighted by atomic mass is 16.2. The van der Waals surface area contributed by atoms with E-state index in [0.717, 1.165) is 30.7 Å². The van der Waals surface area contributed by atoms with Crippen molar-refractivity contribution in [3.8, 4) is 0 Å². The number of hydrogen-bond acceptors (Lipinski definition) is 4. The van der Waals surface area contributed by atoms with Crippen LogP contribution in [0.1, 0.15) is 30.7 Å². The molecule has 8 nitrogen and oxygen atoms in total. The van der Waals surface area contributed by atoms with Gasteiger partial charge in [-0.2, -0.15) is 0 Å². The molecule has 144 valence electrons. The Morgan fingerprint density at radius 3 is 1.56 bits per heavy atom. The van der Waals surface area contributed by atoms with Crippen molar-refractivity contribution in [3.05, 3.63) is 60.2 Å². The minimum Gasteiger partial charge on any atom is -0.338 e. The maximum Gasteiger partial charge on any atom is 0.315 e. The van der Waals surface area contributed by atoms with E-state index in [1.807, 2.05) is 36.4 Å². The lowest BCUT2D eigenvalue weighted by atomic mass is 10.2. The smallest absolute Gasteiger partial charge is 0.315 e. The normalized spacial score (nSPS) is 10.1. The van der Waals surface area contributed by atoms with Crippen LogP contribution in [0.4, 0.5) is 9.59 Å². The fourth-order valence-electron chi connectivity index (χ4n) is 2.30. The predicted molar refractivity (Wildman–Crippen MR) is 103 cm³/mol. The van der Waals surface area contributed by atoms with Crippen molar-refractivity contribution in [1.82, 2.24) is 31.2 Å². The van der Waals surface area contributed by atoms with E-state index in [1.165, 1.54) is 0 Å². The zero-order valence-electron chi connectivity index (χ0n) is 15.3. The SMILES string of the molecule is O=C(NCCCCCNC(=O)NCc1ccccn1)NCc1ccccn1. The molecule has 0 aliphatic carbocycles. The largest absolute Gasteiger partial charge is 0.338 e. The number of carbonyl (C=O) groups is 2. The van der Waals surface area contributed by atoms with Gasteiger partial charge in [0.2, 0.25) is 0 Å². The first-order chi connectivity index (χ1) is 13.2. The second kappa shape index (κ2) is 12.2. The van der Waals surface area contributed by atoms with Gasteiger partial charge in [0.05, 0.1) is 24.5 Å². The number of carbonyl (C=O) groups excluding carboxylic acids is 2. The van der Waals surface area contributed by atoms with Crippen molar-refractivity contribution >= 4 is 12.1 Å². The van der Waals surface area contributed by atoms with Gasteiger partial charge >= 0.3 is 12.1 Å². The van der Waals surface area contributed by atoms with E-state index < -0.39 is 0 Å². The summed E-state index contributed by atoms with van der Waals surface area (Å²) in [4.78, 5) is 31.6. The molecule has 8 heteroatoms. The van der Waals surface area contributed by atoms with Crippen LogP contribution in [0.25, 0.3) is 0 Å². The molecule has 2 aromatic heterocycles. The van der Waals surface area contributed by atoms with Crippen LogP contribution in [0.15, 0.2) is 48.8 Å². The maximum atomic E-state index is 11.7. The average Bonchev–Trinajstić information content (AvgIpc) is 2.71. The molecule has 0 unspecified atom stereocenters. The third-order valence-electron chi connectivity index (χ3n) is 3.74. The monoisotopic (exact) mass is 370 g/mol. The van der Waals surface area contributed by atoms with E-state index in [4.69, 9.17) is 0 Å². The first-order valence-electron chi connectivity index (χ1n) is 9.07. The van der Waals surface area contributed by atoms with E-state index >= 15 is 0 Å². The number of unbranched alkanes of at least 4 members (excludes halogenated alkanes) is 2. The Hall–Kier alpha value is -3.16. The average molecular weight is 370 g/mol. The van der Waals surface area contributed by atoms with Gasteiger partial charge in [-0.25, -0.2) is 9.59 Å². The van der Waals surface area contributed by atoms with Crippen molar-refractivity contribution in [2.24, 2.45) is 0 Å². The van der Waals surface area contributed by atoms with Gasteiger partial charge in [-0.05, 0) is 43.5 Å². The highest BCUT2D eigenvalue weighted by Crippen LogP contribution is 1.94. The van der Waals surface area contributed by atoms with Crippen LogP contribution < -0.4 is 21.3 Å². The number of urea groups is 2. The minimum absolute atomic E-state index is 0.201. The van der Waals surface area contributed by atoms with Gasteiger partial charge in [0.1, 0.15) is 0 Å². The van der Waals surface area contributed by atoms with E-state index in [2.05, 4.69) is 31.2 Å². The van der Waals surface area contributed by atoms with Crippen LogP contribution in [0.5, 0.6) is 0 Å². The topological polar surface area (TPSA) is 108 Å². The summed E-state index contributed by atoms with van der Waals surface area (Å²) >= 11 is 0. The lowest BCUT2D eigenvalue weighted by molar-refractivity contribution is 0.240. The van der Waals surface area contributed by atoms with Gasteiger partial charge in [0, 0.05) is 25.5 Å². The minimum atomic E-state index is -0.201. The molecule has 0 aromatic carbocycles. The number of rotatable bonds is 10. The fraction of sp³-hybridized carbons (Fsp3) is 0.368. The Kier molecular flexibility index (Phi) is 9.13. The third-order valence-corrected chi connectivity index (χ3v) is 3.74. The van der Waals surface area contributed by atoms with Crippen molar-refractivity contribution in [1.29, 1.82) is 0 Å². The Labute approximate surface area is 159 Å². The molecule has 0 atom stereocenters. The Balaban J connectivity index is 1.41. The van der Waals surface area contributed by atoms with Gasteiger partial charge in [-0.15, -0.1) is 0 Å². The standard InChI is InChI=1S/C19H26N6O2/c26-18(24-14-16-8-2-6-10-20-16)22-12-4-1-5-13-23-19(27)25-15-17-9-3-7-11-21-17/h2-3,6-11H,1,4-5,12-15H2,(H2,22,24,26)(H2,23,25,27).